The van der Waals surface area contributed by atoms with Gasteiger partial charge in [0.15, 0.2) is 0 Å². The summed E-state index contributed by atoms with van der Waals surface area (Å²) in [5, 5.41) is 3.11. The van der Waals surface area contributed by atoms with Gasteiger partial charge in [-0.3, -0.25) is 0 Å². The van der Waals surface area contributed by atoms with E-state index < -0.39 is 10.0 Å². The second kappa shape index (κ2) is 13.1. The summed E-state index contributed by atoms with van der Waals surface area (Å²) in [4.78, 5) is 0. The molecule has 1 N–H and O–H groups in total. The van der Waals surface area contributed by atoms with Gasteiger partial charge in [-0.1, -0.05) is 13.8 Å². The number of rotatable bonds is 6. The molecule has 4 heteroatoms. The molecule has 14 heavy (non-hydrogen) atoms. The molecular weight excluding hydrogens is 194 g/mol. The van der Waals surface area contributed by atoms with Crippen LogP contribution in [0.5, 0.6) is 0 Å². The van der Waals surface area contributed by atoms with Crippen LogP contribution in [0.2, 0.25) is 0 Å². The van der Waals surface area contributed by atoms with Gasteiger partial charge in [0.05, 0.1) is 0 Å². The molecule has 0 fully saturated rings. The summed E-state index contributed by atoms with van der Waals surface area (Å²) in [5.74, 6) is 0. The third kappa shape index (κ3) is 22.7. The van der Waals surface area contributed by atoms with Crippen molar-refractivity contribution >= 4 is 10.0 Å². The lowest BCUT2D eigenvalue weighted by molar-refractivity contribution is 0.152. The fourth-order valence-corrected chi connectivity index (χ4v) is 1.18. The van der Waals surface area contributed by atoms with Gasteiger partial charge in [-0.25, -0.2) is 0 Å². The highest BCUT2D eigenvalue weighted by atomic mass is 28.3. The van der Waals surface area contributed by atoms with Gasteiger partial charge in [-0.2, -0.15) is 0 Å². The number of hydrogen-bond acceptors (Lipinski definition) is 3. The molecule has 3 nitrogen and oxygen atoms in total. The van der Waals surface area contributed by atoms with E-state index in [0.29, 0.717) is 12.2 Å². The Hall–Kier alpha value is 0.0969. The second-order valence-electron chi connectivity index (χ2n) is 3.51. The Kier molecular flexibility index (Phi) is 15.5. The smallest absolute Gasteiger partial charge is 0.304 e. The minimum absolute atomic E-state index is 0.329. The molecule has 0 aliphatic heterocycles. The molecule has 0 bridgehead atoms. The lowest BCUT2D eigenvalue weighted by Gasteiger charge is -2.09. The maximum absolute atomic E-state index is 5.27. The number of nitrogens with one attached hydrogen (secondary N) is 1. The molecular formula is C10H27NO2Si. The molecule has 0 saturated heterocycles. The highest BCUT2D eigenvalue weighted by Crippen LogP contribution is 1.89. The zero-order valence-corrected chi connectivity index (χ0v) is 12.0. The predicted octanol–water partition coefficient (Wildman–Crippen LogP) is 1.45. The van der Waals surface area contributed by atoms with E-state index in [1.54, 1.807) is 0 Å². The Balaban J connectivity index is 0. The zero-order valence-electron chi connectivity index (χ0n) is 10.6. The standard InChI is InChI=1S/C6H16O2Si.C4H11N/c1-5(2)7-9-8-6(3)4;1-3-5-4-2/h5-6H,9H2,1-4H3;5H,3-4H2,1-2H3. The normalized spacial score (nSPS) is 10.3. The van der Waals surface area contributed by atoms with Crippen LogP contribution < -0.4 is 5.32 Å². The Labute approximate surface area is 91.6 Å². The van der Waals surface area contributed by atoms with Crippen molar-refractivity contribution in [2.75, 3.05) is 13.1 Å². The molecule has 0 aliphatic carbocycles. The van der Waals surface area contributed by atoms with Crippen molar-refractivity contribution < 1.29 is 8.85 Å². The van der Waals surface area contributed by atoms with Crippen LogP contribution >= 0.6 is 0 Å². The van der Waals surface area contributed by atoms with Gasteiger partial charge >= 0.3 is 10.0 Å². The molecule has 0 aromatic carbocycles. The van der Waals surface area contributed by atoms with Crippen LogP contribution in [0.1, 0.15) is 41.5 Å². The van der Waals surface area contributed by atoms with E-state index in [9.17, 15) is 0 Å². The molecule has 0 unspecified atom stereocenters. The van der Waals surface area contributed by atoms with Crippen LogP contribution in [0.4, 0.5) is 0 Å². The first kappa shape index (κ1) is 16.5. The van der Waals surface area contributed by atoms with E-state index in [1.807, 2.05) is 27.7 Å². The van der Waals surface area contributed by atoms with E-state index in [4.69, 9.17) is 8.85 Å². The van der Waals surface area contributed by atoms with Crippen molar-refractivity contribution in [3.05, 3.63) is 0 Å². The molecule has 0 rings (SSSR count). The maximum atomic E-state index is 5.27. The van der Waals surface area contributed by atoms with Crippen molar-refractivity contribution in [3.63, 3.8) is 0 Å². The quantitative estimate of drug-likeness (QED) is 0.689. The van der Waals surface area contributed by atoms with Crippen molar-refractivity contribution in [3.8, 4) is 0 Å². The summed E-state index contributed by atoms with van der Waals surface area (Å²) in [7, 11) is -0.684. The van der Waals surface area contributed by atoms with Gasteiger partial charge in [0.25, 0.3) is 0 Å². The minimum Gasteiger partial charge on any atom is -0.396 e. The van der Waals surface area contributed by atoms with E-state index in [2.05, 4.69) is 19.2 Å². The van der Waals surface area contributed by atoms with Gasteiger partial charge in [0, 0.05) is 12.2 Å². The first-order valence-electron chi connectivity index (χ1n) is 5.48. The van der Waals surface area contributed by atoms with Crippen LogP contribution in [-0.2, 0) is 8.85 Å². The minimum atomic E-state index is -0.684. The first-order valence-corrected chi connectivity index (χ1v) is 6.63. The summed E-state index contributed by atoms with van der Waals surface area (Å²) in [6.45, 7) is 14.5. The molecule has 0 atom stereocenters. The maximum Gasteiger partial charge on any atom is 0.304 e. The fraction of sp³-hybridized carbons (Fsp3) is 1.00. The highest BCUT2D eigenvalue weighted by Gasteiger charge is 1.95. The van der Waals surface area contributed by atoms with E-state index >= 15 is 0 Å². The largest absolute Gasteiger partial charge is 0.396 e. The average Bonchev–Trinajstić information content (AvgIpc) is 2.05. The Morgan fingerprint density at radius 1 is 0.929 bits per heavy atom. The van der Waals surface area contributed by atoms with E-state index in [0.717, 1.165) is 13.1 Å². The molecule has 0 heterocycles. The van der Waals surface area contributed by atoms with Crippen molar-refractivity contribution in [2.45, 2.75) is 53.8 Å². The van der Waals surface area contributed by atoms with Crippen LogP contribution in [-0.4, -0.2) is 35.3 Å². The SMILES string of the molecule is CC(C)O[SiH2]OC(C)C.CCNCC. The molecule has 0 aliphatic rings. The fourth-order valence-electron chi connectivity index (χ4n) is 0.561. The van der Waals surface area contributed by atoms with Gasteiger partial charge in [-0.05, 0) is 40.8 Å². The third-order valence-corrected chi connectivity index (χ3v) is 2.91. The van der Waals surface area contributed by atoms with Crippen LogP contribution in [0.15, 0.2) is 0 Å². The molecule has 0 saturated carbocycles. The third-order valence-electron chi connectivity index (χ3n) is 1.30. The van der Waals surface area contributed by atoms with Gasteiger partial charge < -0.3 is 14.2 Å². The van der Waals surface area contributed by atoms with Gasteiger partial charge in [-0.15, -0.1) is 0 Å². The predicted molar refractivity (Wildman–Crippen MR) is 65.2 cm³/mol. The van der Waals surface area contributed by atoms with Crippen molar-refractivity contribution in [1.82, 2.24) is 5.32 Å². The molecule has 0 radical (unpaired) electrons. The summed E-state index contributed by atoms with van der Waals surface area (Å²) in [6.07, 6.45) is 0.658. The highest BCUT2D eigenvalue weighted by molar-refractivity contribution is 6.18. The zero-order chi connectivity index (χ0) is 11.4. The van der Waals surface area contributed by atoms with Crippen molar-refractivity contribution in [2.24, 2.45) is 0 Å². The van der Waals surface area contributed by atoms with E-state index in [1.165, 1.54) is 0 Å². The van der Waals surface area contributed by atoms with Gasteiger partial charge in [0.1, 0.15) is 0 Å². The molecule has 0 aromatic rings. The van der Waals surface area contributed by atoms with E-state index in [-0.39, 0.29) is 0 Å². The molecule has 0 amide bonds. The van der Waals surface area contributed by atoms with Crippen LogP contribution in [0, 0.1) is 0 Å². The summed E-state index contributed by atoms with van der Waals surface area (Å²) >= 11 is 0. The molecule has 88 valence electrons. The first-order chi connectivity index (χ1) is 6.54. The van der Waals surface area contributed by atoms with Crippen LogP contribution in [0.3, 0.4) is 0 Å². The molecule has 0 aromatic heterocycles. The van der Waals surface area contributed by atoms with Crippen molar-refractivity contribution in [1.29, 1.82) is 0 Å². The summed E-state index contributed by atoms with van der Waals surface area (Å²) in [6, 6.07) is 0. The summed E-state index contributed by atoms with van der Waals surface area (Å²) in [5.41, 5.74) is 0. The Morgan fingerprint density at radius 2 is 1.29 bits per heavy atom. The number of hydrogen-bond donors (Lipinski definition) is 1. The molecule has 0 spiro atoms. The Morgan fingerprint density at radius 3 is 1.43 bits per heavy atom. The Bertz CT molecular complexity index is 90.1. The topological polar surface area (TPSA) is 30.5 Å². The lowest BCUT2D eigenvalue weighted by Crippen LogP contribution is -2.14. The second-order valence-corrected chi connectivity index (χ2v) is 4.41. The lowest BCUT2D eigenvalue weighted by atomic mass is 10.5. The van der Waals surface area contributed by atoms with Gasteiger partial charge in [0.2, 0.25) is 0 Å². The summed E-state index contributed by atoms with van der Waals surface area (Å²) < 4.78 is 10.5. The monoisotopic (exact) mass is 221 g/mol. The van der Waals surface area contributed by atoms with Crippen LogP contribution in [0.25, 0.3) is 0 Å². The average molecular weight is 221 g/mol.